The third kappa shape index (κ3) is 4.37. The maximum absolute atomic E-state index is 11.0. The molecule has 0 atom stereocenters. The minimum Gasteiger partial charge on any atom is -0.462 e. The SMILES string of the molecule is CCOC(=O)/C(Cl)=C(\C)NC(N)=O. The van der Waals surface area contributed by atoms with Crippen LogP contribution in [0.25, 0.3) is 0 Å². The van der Waals surface area contributed by atoms with Gasteiger partial charge in [0.2, 0.25) is 0 Å². The van der Waals surface area contributed by atoms with E-state index in [-0.39, 0.29) is 17.3 Å². The smallest absolute Gasteiger partial charge is 0.351 e. The summed E-state index contributed by atoms with van der Waals surface area (Å²) in [6.45, 7) is 3.32. The van der Waals surface area contributed by atoms with Crippen molar-refractivity contribution in [3.05, 3.63) is 10.7 Å². The van der Waals surface area contributed by atoms with Crippen LogP contribution < -0.4 is 11.1 Å². The van der Waals surface area contributed by atoms with Crippen molar-refractivity contribution in [2.75, 3.05) is 6.61 Å². The van der Waals surface area contributed by atoms with E-state index in [0.717, 1.165) is 0 Å². The van der Waals surface area contributed by atoms with Crippen molar-refractivity contribution in [2.45, 2.75) is 13.8 Å². The Morgan fingerprint density at radius 2 is 2.08 bits per heavy atom. The van der Waals surface area contributed by atoms with Crippen molar-refractivity contribution in [1.82, 2.24) is 5.32 Å². The predicted molar refractivity (Wildman–Crippen MR) is 47.9 cm³/mol. The highest BCUT2D eigenvalue weighted by Crippen LogP contribution is 2.08. The molecular formula is C7H11ClN2O3. The second-order valence-electron chi connectivity index (χ2n) is 2.15. The highest BCUT2D eigenvalue weighted by molar-refractivity contribution is 6.41. The minimum absolute atomic E-state index is 0.174. The van der Waals surface area contributed by atoms with Crippen LogP contribution >= 0.6 is 11.6 Å². The average molecular weight is 207 g/mol. The fourth-order valence-electron chi connectivity index (χ4n) is 0.587. The Kier molecular flexibility index (Phi) is 4.91. The molecule has 0 unspecified atom stereocenters. The molecular weight excluding hydrogens is 196 g/mol. The van der Waals surface area contributed by atoms with E-state index in [4.69, 9.17) is 17.3 Å². The monoisotopic (exact) mass is 206 g/mol. The molecule has 0 fully saturated rings. The Balaban J connectivity index is 4.41. The van der Waals surface area contributed by atoms with Gasteiger partial charge in [-0.15, -0.1) is 0 Å². The highest BCUT2D eigenvalue weighted by Gasteiger charge is 2.11. The third-order valence-electron chi connectivity index (χ3n) is 1.09. The maximum Gasteiger partial charge on any atom is 0.351 e. The molecule has 0 aromatic rings. The quantitative estimate of drug-likeness (QED) is 0.527. The second kappa shape index (κ2) is 5.42. The summed E-state index contributed by atoms with van der Waals surface area (Å²) in [5, 5.41) is 1.99. The number of nitrogens with two attached hydrogens (primary N) is 1. The molecule has 0 aliphatic carbocycles. The summed E-state index contributed by atoms with van der Waals surface area (Å²) in [6, 6.07) is -0.778. The molecule has 0 saturated carbocycles. The zero-order chi connectivity index (χ0) is 10.4. The molecule has 0 aliphatic heterocycles. The van der Waals surface area contributed by atoms with Crippen molar-refractivity contribution in [2.24, 2.45) is 5.73 Å². The van der Waals surface area contributed by atoms with Crippen LogP contribution in [0.15, 0.2) is 10.7 Å². The zero-order valence-electron chi connectivity index (χ0n) is 7.39. The van der Waals surface area contributed by atoms with Gasteiger partial charge >= 0.3 is 12.0 Å². The minimum atomic E-state index is -0.778. The van der Waals surface area contributed by atoms with Crippen LogP contribution in [0.1, 0.15) is 13.8 Å². The maximum atomic E-state index is 11.0. The molecule has 0 aliphatic rings. The van der Waals surface area contributed by atoms with Gasteiger partial charge in [-0.2, -0.15) is 0 Å². The van der Waals surface area contributed by atoms with Crippen molar-refractivity contribution in [3.8, 4) is 0 Å². The molecule has 5 nitrogen and oxygen atoms in total. The van der Waals surface area contributed by atoms with Gasteiger partial charge in [0.05, 0.1) is 6.61 Å². The molecule has 13 heavy (non-hydrogen) atoms. The molecule has 0 saturated heterocycles. The number of urea groups is 1. The van der Waals surface area contributed by atoms with Crippen LogP contribution in [0.4, 0.5) is 4.79 Å². The highest BCUT2D eigenvalue weighted by atomic mass is 35.5. The summed E-state index contributed by atoms with van der Waals surface area (Å²) in [5.41, 5.74) is 4.98. The molecule has 3 N–H and O–H groups in total. The second-order valence-corrected chi connectivity index (χ2v) is 2.53. The molecule has 0 aromatic carbocycles. The lowest BCUT2D eigenvalue weighted by atomic mass is 10.4. The Bertz CT molecular complexity index is 250. The van der Waals surface area contributed by atoms with Crippen LogP contribution in [-0.2, 0) is 9.53 Å². The average Bonchev–Trinajstić information content (AvgIpc) is 2.02. The fraction of sp³-hybridized carbons (Fsp3) is 0.429. The van der Waals surface area contributed by atoms with Gasteiger partial charge in [-0.1, -0.05) is 11.6 Å². The number of esters is 1. The van der Waals surface area contributed by atoms with Gasteiger partial charge < -0.3 is 15.8 Å². The first kappa shape index (κ1) is 11.8. The molecule has 0 bridgehead atoms. The zero-order valence-corrected chi connectivity index (χ0v) is 8.14. The van der Waals surface area contributed by atoms with E-state index in [1.807, 2.05) is 0 Å². The summed E-state index contributed by atoms with van der Waals surface area (Å²) < 4.78 is 4.59. The van der Waals surface area contributed by atoms with Crippen molar-refractivity contribution in [3.63, 3.8) is 0 Å². The van der Waals surface area contributed by atoms with Gasteiger partial charge in [0.15, 0.2) is 0 Å². The van der Waals surface area contributed by atoms with Crippen LogP contribution in [0.3, 0.4) is 0 Å². The normalized spacial score (nSPS) is 11.6. The van der Waals surface area contributed by atoms with Crippen LogP contribution in [0.2, 0.25) is 0 Å². The van der Waals surface area contributed by atoms with Gasteiger partial charge in [-0.25, -0.2) is 9.59 Å². The predicted octanol–water partition coefficient (Wildman–Crippen LogP) is 0.688. The molecule has 0 heterocycles. The topological polar surface area (TPSA) is 81.4 Å². The van der Waals surface area contributed by atoms with E-state index >= 15 is 0 Å². The first-order chi connectivity index (χ1) is 5.99. The summed E-state index contributed by atoms with van der Waals surface area (Å²) >= 11 is 5.54. The number of nitrogens with one attached hydrogen (secondary N) is 1. The summed E-state index contributed by atoms with van der Waals surface area (Å²) in [5.74, 6) is -0.685. The van der Waals surface area contributed by atoms with Gasteiger partial charge in [0.25, 0.3) is 0 Å². The molecule has 0 spiro atoms. The molecule has 0 rings (SSSR count). The van der Waals surface area contributed by atoms with Gasteiger partial charge in [0.1, 0.15) is 5.03 Å². The largest absolute Gasteiger partial charge is 0.462 e. The molecule has 0 aromatic heterocycles. The fourth-order valence-corrected chi connectivity index (χ4v) is 0.689. The Morgan fingerprint density at radius 1 is 1.54 bits per heavy atom. The number of amides is 2. The lowest BCUT2D eigenvalue weighted by Gasteiger charge is -2.04. The molecule has 6 heteroatoms. The van der Waals surface area contributed by atoms with E-state index in [1.54, 1.807) is 6.92 Å². The van der Waals surface area contributed by atoms with Gasteiger partial charge in [-0.05, 0) is 13.8 Å². The number of hydrogen-bond donors (Lipinski definition) is 2. The summed E-state index contributed by atoms with van der Waals surface area (Å²) in [4.78, 5) is 21.3. The van der Waals surface area contributed by atoms with Gasteiger partial charge in [-0.3, -0.25) is 0 Å². The number of rotatable bonds is 3. The van der Waals surface area contributed by atoms with E-state index in [2.05, 4.69) is 10.1 Å². The molecule has 2 amide bonds. The van der Waals surface area contributed by atoms with Crippen molar-refractivity contribution < 1.29 is 14.3 Å². The molecule has 74 valence electrons. The molecule has 0 radical (unpaired) electrons. The van der Waals surface area contributed by atoms with E-state index in [9.17, 15) is 9.59 Å². The number of allylic oxidation sites excluding steroid dienone is 1. The van der Waals surface area contributed by atoms with Crippen LogP contribution in [-0.4, -0.2) is 18.6 Å². The van der Waals surface area contributed by atoms with Crippen LogP contribution in [0.5, 0.6) is 0 Å². The van der Waals surface area contributed by atoms with E-state index in [0.29, 0.717) is 0 Å². The summed E-state index contributed by atoms with van der Waals surface area (Å²) in [7, 11) is 0. The van der Waals surface area contributed by atoms with Crippen molar-refractivity contribution in [1.29, 1.82) is 0 Å². The first-order valence-corrected chi connectivity index (χ1v) is 3.96. The van der Waals surface area contributed by atoms with E-state index in [1.165, 1.54) is 6.92 Å². The number of carbonyl (C=O) groups is 2. The number of halogens is 1. The number of ether oxygens (including phenoxy) is 1. The van der Waals surface area contributed by atoms with Crippen molar-refractivity contribution >= 4 is 23.6 Å². The Labute approximate surface area is 80.9 Å². The Hall–Kier alpha value is -1.23. The number of primary amides is 1. The van der Waals surface area contributed by atoms with Crippen LogP contribution in [0, 0.1) is 0 Å². The lowest BCUT2D eigenvalue weighted by Crippen LogP contribution is -2.29. The van der Waals surface area contributed by atoms with Gasteiger partial charge in [0, 0.05) is 5.70 Å². The lowest BCUT2D eigenvalue weighted by molar-refractivity contribution is -0.137. The summed E-state index contributed by atoms with van der Waals surface area (Å²) in [6.07, 6.45) is 0. The third-order valence-corrected chi connectivity index (χ3v) is 1.53. The first-order valence-electron chi connectivity index (χ1n) is 3.59. The number of carbonyl (C=O) groups excluding carboxylic acids is 2. The number of hydrogen-bond acceptors (Lipinski definition) is 3. The standard InChI is InChI=1S/C7H11ClN2O3/c1-3-13-6(11)5(8)4(2)10-7(9)12/h3H2,1-2H3,(H3,9,10,12)/b5-4-. The Morgan fingerprint density at radius 3 is 2.46 bits per heavy atom. The van der Waals surface area contributed by atoms with E-state index < -0.39 is 12.0 Å².